The Morgan fingerprint density at radius 1 is 1.70 bits per heavy atom. The molecule has 1 aromatic heterocycles. The van der Waals surface area contributed by atoms with E-state index in [1.165, 1.54) is 0 Å². The van der Waals surface area contributed by atoms with E-state index in [-0.39, 0.29) is 0 Å². The molecule has 0 fully saturated rings. The molecule has 0 atom stereocenters. The number of hydrogen-bond donors (Lipinski definition) is 1. The molecule has 0 aliphatic carbocycles. The second-order valence-electron chi connectivity index (χ2n) is 2.31. The van der Waals surface area contributed by atoms with Gasteiger partial charge in [-0.25, -0.2) is 0 Å². The van der Waals surface area contributed by atoms with Crippen LogP contribution in [0.4, 0.5) is 0 Å². The molecule has 1 rings (SSSR count). The summed E-state index contributed by atoms with van der Waals surface area (Å²) in [7, 11) is 1.92. The minimum atomic E-state index is 0.573. The minimum Gasteiger partial charge on any atom is -0.325 e. The van der Waals surface area contributed by atoms with Gasteiger partial charge in [-0.3, -0.25) is 4.68 Å². The van der Waals surface area contributed by atoms with E-state index in [1.54, 1.807) is 0 Å². The van der Waals surface area contributed by atoms with Crippen molar-refractivity contribution in [1.29, 1.82) is 0 Å². The Kier molecular flexibility index (Phi) is 2.06. The quantitative estimate of drug-likeness (QED) is 0.646. The molecule has 0 saturated heterocycles. The molecule has 0 unspecified atom stereocenters. The highest BCUT2D eigenvalue weighted by molar-refractivity contribution is 5.09. The first kappa shape index (κ1) is 7.28. The van der Waals surface area contributed by atoms with E-state index in [9.17, 15) is 0 Å². The molecule has 10 heavy (non-hydrogen) atoms. The average molecular weight is 139 g/mol. The van der Waals surface area contributed by atoms with Gasteiger partial charge in [-0.1, -0.05) is 6.92 Å². The van der Waals surface area contributed by atoms with Crippen LogP contribution in [0, 0.1) is 0 Å². The van der Waals surface area contributed by atoms with Crippen molar-refractivity contribution in [2.24, 2.45) is 12.8 Å². The van der Waals surface area contributed by atoms with Gasteiger partial charge in [0, 0.05) is 13.6 Å². The lowest BCUT2D eigenvalue weighted by molar-refractivity contribution is 0.700. The van der Waals surface area contributed by atoms with E-state index in [4.69, 9.17) is 5.73 Å². The third-order valence-corrected chi connectivity index (χ3v) is 1.60. The van der Waals surface area contributed by atoms with Gasteiger partial charge in [0.25, 0.3) is 0 Å². The van der Waals surface area contributed by atoms with Crippen molar-refractivity contribution in [1.82, 2.24) is 9.78 Å². The minimum absolute atomic E-state index is 0.573. The third-order valence-electron chi connectivity index (χ3n) is 1.60. The van der Waals surface area contributed by atoms with Crippen LogP contribution in [0.2, 0.25) is 0 Å². The molecule has 0 radical (unpaired) electrons. The monoisotopic (exact) mass is 139 g/mol. The number of hydrogen-bond acceptors (Lipinski definition) is 2. The Morgan fingerprint density at radius 3 is 2.70 bits per heavy atom. The molecular weight excluding hydrogens is 126 g/mol. The van der Waals surface area contributed by atoms with Crippen molar-refractivity contribution in [3.05, 3.63) is 17.5 Å². The van der Waals surface area contributed by atoms with Crippen LogP contribution in [0.5, 0.6) is 0 Å². The van der Waals surface area contributed by atoms with E-state index in [2.05, 4.69) is 12.0 Å². The van der Waals surface area contributed by atoms with Crippen LogP contribution in [0.25, 0.3) is 0 Å². The van der Waals surface area contributed by atoms with Crippen LogP contribution >= 0.6 is 0 Å². The topological polar surface area (TPSA) is 43.8 Å². The first-order valence-corrected chi connectivity index (χ1v) is 3.49. The van der Waals surface area contributed by atoms with Crippen molar-refractivity contribution in [2.45, 2.75) is 19.9 Å². The number of aryl methyl sites for hydroxylation is 2. The molecule has 0 aliphatic rings. The van der Waals surface area contributed by atoms with Crippen LogP contribution in [0.3, 0.4) is 0 Å². The van der Waals surface area contributed by atoms with E-state index in [0.717, 1.165) is 17.8 Å². The van der Waals surface area contributed by atoms with Gasteiger partial charge in [-0.15, -0.1) is 0 Å². The van der Waals surface area contributed by atoms with Gasteiger partial charge in [-0.2, -0.15) is 5.10 Å². The second-order valence-corrected chi connectivity index (χ2v) is 2.31. The highest BCUT2D eigenvalue weighted by atomic mass is 15.3. The Bertz CT molecular complexity index is 215. The van der Waals surface area contributed by atoms with E-state index in [1.807, 2.05) is 17.8 Å². The lowest BCUT2D eigenvalue weighted by Crippen LogP contribution is -2.03. The van der Waals surface area contributed by atoms with Crippen LogP contribution < -0.4 is 5.73 Å². The molecule has 3 heteroatoms. The molecule has 3 nitrogen and oxygen atoms in total. The molecule has 1 heterocycles. The fraction of sp³-hybridized carbons (Fsp3) is 0.571. The Hall–Kier alpha value is -0.830. The predicted octanol–water partition coefficient (Wildman–Crippen LogP) is 0.441. The smallest absolute Gasteiger partial charge is 0.0625 e. The lowest BCUT2D eigenvalue weighted by Gasteiger charge is -1.93. The largest absolute Gasteiger partial charge is 0.325 e. The number of nitrogens with zero attached hydrogens (tertiary/aromatic N) is 2. The average Bonchev–Trinajstić information content (AvgIpc) is 2.30. The normalized spacial score (nSPS) is 10.3. The van der Waals surface area contributed by atoms with Gasteiger partial charge in [0.2, 0.25) is 0 Å². The zero-order chi connectivity index (χ0) is 7.56. The van der Waals surface area contributed by atoms with Crippen LogP contribution in [0.1, 0.15) is 18.3 Å². The maximum absolute atomic E-state index is 5.46. The fourth-order valence-electron chi connectivity index (χ4n) is 0.935. The van der Waals surface area contributed by atoms with Gasteiger partial charge in [-0.05, 0) is 12.5 Å². The van der Waals surface area contributed by atoms with Gasteiger partial charge in [0.1, 0.15) is 0 Å². The van der Waals surface area contributed by atoms with E-state index in [0.29, 0.717) is 6.54 Å². The number of rotatable bonds is 2. The van der Waals surface area contributed by atoms with Crippen LogP contribution in [-0.2, 0) is 20.0 Å². The molecular formula is C7H13N3. The summed E-state index contributed by atoms with van der Waals surface area (Å²) < 4.78 is 1.83. The van der Waals surface area contributed by atoms with Crippen molar-refractivity contribution in [2.75, 3.05) is 0 Å². The number of aromatic nitrogens is 2. The van der Waals surface area contributed by atoms with Gasteiger partial charge < -0.3 is 5.73 Å². The Labute approximate surface area is 60.8 Å². The molecule has 0 saturated carbocycles. The maximum atomic E-state index is 5.46. The highest BCUT2D eigenvalue weighted by Crippen LogP contribution is 2.01. The van der Waals surface area contributed by atoms with Crippen LogP contribution in [-0.4, -0.2) is 9.78 Å². The predicted molar refractivity (Wildman–Crippen MR) is 40.5 cm³/mol. The molecule has 56 valence electrons. The highest BCUT2D eigenvalue weighted by Gasteiger charge is 1.99. The molecule has 0 bridgehead atoms. The molecule has 0 aromatic carbocycles. The van der Waals surface area contributed by atoms with Crippen molar-refractivity contribution in [3.63, 3.8) is 0 Å². The fourth-order valence-corrected chi connectivity index (χ4v) is 0.935. The van der Waals surface area contributed by atoms with Gasteiger partial charge in [0.05, 0.1) is 11.4 Å². The maximum Gasteiger partial charge on any atom is 0.0625 e. The molecule has 2 N–H and O–H groups in total. The summed E-state index contributed by atoms with van der Waals surface area (Å²) in [6, 6.07) is 2.04. The first-order chi connectivity index (χ1) is 4.77. The summed E-state index contributed by atoms with van der Waals surface area (Å²) in [5.41, 5.74) is 7.67. The summed E-state index contributed by atoms with van der Waals surface area (Å²) in [5.74, 6) is 0. The molecule has 0 spiro atoms. The lowest BCUT2D eigenvalue weighted by atomic mass is 10.3. The SMILES string of the molecule is CCc1cc(CN)n(C)n1. The van der Waals surface area contributed by atoms with Crippen molar-refractivity contribution < 1.29 is 0 Å². The van der Waals surface area contributed by atoms with Crippen molar-refractivity contribution in [3.8, 4) is 0 Å². The summed E-state index contributed by atoms with van der Waals surface area (Å²) in [4.78, 5) is 0. The second kappa shape index (κ2) is 2.84. The molecule has 1 aromatic rings. The Morgan fingerprint density at radius 2 is 2.40 bits per heavy atom. The summed E-state index contributed by atoms with van der Waals surface area (Å²) in [5, 5.41) is 4.24. The standard InChI is InChI=1S/C7H13N3/c1-3-6-4-7(5-8)10(2)9-6/h4H,3,5,8H2,1-2H3. The van der Waals surface area contributed by atoms with E-state index < -0.39 is 0 Å². The first-order valence-electron chi connectivity index (χ1n) is 3.49. The third kappa shape index (κ3) is 1.19. The number of nitrogens with two attached hydrogens (primary N) is 1. The van der Waals surface area contributed by atoms with Gasteiger partial charge >= 0.3 is 0 Å². The van der Waals surface area contributed by atoms with Gasteiger partial charge in [0.15, 0.2) is 0 Å². The summed E-state index contributed by atoms with van der Waals surface area (Å²) in [6.07, 6.45) is 0.980. The Balaban J connectivity index is 2.92. The van der Waals surface area contributed by atoms with Crippen LogP contribution in [0.15, 0.2) is 6.07 Å². The van der Waals surface area contributed by atoms with E-state index >= 15 is 0 Å². The molecule has 0 amide bonds. The zero-order valence-corrected chi connectivity index (χ0v) is 6.46. The molecule has 0 aliphatic heterocycles. The summed E-state index contributed by atoms with van der Waals surface area (Å²) >= 11 is 0. The summed E-state index contributed by atoms with van der Waals surface area (Å²) in [6.45, 7) is 2.66. The zero-order valence-electron chi connectivity index (χ0n) is 6.46. The van der Waals surface area contributed by atoms with Crippen molar-refractivity contribution >= 4 is 0 Å².